The summed E-state index contributed by atoms with van der Waals surface area (Å²) >= 11 is 0. The molecule has 21 heavy (non-hydrogen) atoms. The Morgan fingerprint density at radius 3 is 2.19 bits per heavy atom. The molecule has 0 fully saturated rings. The summed E-state index contributed by atoms with van der Waals surface area (Å²) in [5.41, 5.74) is 0.556. The van der Waals surface area contributed by atoms with Crippen molar-refractivity contribution in [2.45, 2.75) is 23.7 Å². The lowest BCUT2D eigenvalue weighted by atomic mass is 10.2. The molecule has 2 aromatic rings. The van der Waals surface area contributed by atoms with Crippen molar-refractivity contribution in [3.8, 4) is 0 Å². The summed E-state index contributed by atoms with van der Waals surface area (Å²) in [4.78, 5) is -0.321. The molecule has 0 heterocycles. The van der Waals surface area contributed by atoms with Gasteiger partial charge in [-0.15, -0.1) is 0 Å². The van der Waals surface area contributed by atoms with Gasteiger partial charge in [-0.2, -0.15) is 13.2 Å². The van der Waals surface area contributed by atoms with E-state index in [2.05, 4.69) is 0 Å². The van der Waals surface area contributed by atoms with Crippen molar-refractivity contribution in [1.29, 1.82) is 0 Å². The molecule has 0 aromatic heterocycles. The van der Waals surface area contributed by atoms with E-state index in [-0.39, 0.29) is 10.6 Å². The van der Waals surface area contributed by atoms with Crippen LogP contribution in [-0.2, 0) is 21.8 Å². The van der Waals surface area contributed by atoms with Crippen LogP contribution in [-0.4, -0.2) is 8.42 Å². The predicted octanol–water partition coefficient (Wildman–Crippen LogP) is 3.99. The third kappa shape index (κ3) is 3.85. The molecule has 0 aliphatic rings. The van der Waals surface area contributed by atoms with Crippen molar-refractivity contribution in [3.63, 3.8) is 0 Å². The molecule has 0 bridgehead atoms. The van der Waals surface area contributed by atoms with E-state index in [9.17, 15) is 21.6 Å². The number of rotatable bonds is 3. The minimum atomic E-state index is -4.56. The minimum Gasteiger partial charge on any atom is -0.223 e. The first-order valence-corrected chi connectivity index (χ1v) is 7.79. The Morgan fingerprint density at radius 2 is 1.62 bits per heavy atom. The van der Waals surface area contributed by atoms with E-state index < -0.39 is 21.6 Å². The quantitative estimate of drug-likeness (QED) is 0.858. The number of sulfone groups is 1. The van der Waals surface area contributed by atoms with Crippen LogP contribution in [0.15, 0.2) is 53.4 Å². The number of hydrogen-bond acceptors (Lipinski definition) is 2. The number of halogens is 3. The molecule has 0 aliphatic carbocycles. The molecule has 2 aromatic carbocycles. The second kappa shape index (κ2) is 5.52. The SMILES string of the molecule is Cc1ccc(CS(=O)(=O)c2cccc(C(F)(F)F)c2)cc1. The summed E-state index contributed by atoms with van der Waals surface area (Å²) in [5, 5.41) is 0. The van der Waals surface area contributed by atoms with Crippen LogP contribution in [0.25, 0.3) is 0 Å². The fourth-order valence-corrected chi connectivity index (χ4v) is 3.24. The standard InChI is InChI=1S/C15H13F3O2S/c1-11-5-7-12(8-6-11)10-21(19,20)14-4-2-3-13(9-14)15(16,17)18/h2-9H,10H2,1H3. The number of aryl methyl sites for hydroxylation is 1. The van der Waals surface area contributed by atoms with E-state index in [1.54, 1.807) is 24.3 Å². The largest absolute Gasteiger partial charge is 0.416 e. The molecule has 0 atom stereocenters. The van der Waals surface area contributed by atoms with Gasteiger partial charge in [-0.25, -0.2) is 8.42 Å². The van der Waals surface area contributed by atoms with E-state index in [0.717, 1.165) is 17.7 Å². The second-order valence-corrected chi connectivity index (χ2v) is 6.76. The first-order valence-electron chi connectivity index (χ1n) is 6.14. The Morgan fingerprint density at radius 1 is 1.00 bits per heavy atom. The maximum Gasteiger partial charge on any atom is 0.416 e. The van der Waals surface area contributed by atoms with Crippen molar-refractivity contribution in [3.05, 3.63) is 65.2 Å². The van der Waals surface area contributed by atoms with Crippen LogP contribution in [0.4, 0.5) is 13.2 Å². The molecule has 0 saturated carbocycles. The zero-order valence-electron chi connectivity index (χ0n) is 11.2. The monoisotopic (exact) mass is 314 g/mol. The fraction of sp³-hybridized carbons (Fsp3) is 0.200. The van der Waals surface area contributed by atoms with Crippen molar-refractivity contribution in [2.24, 2.45) is 0 Å². The second-order valence-electron chi connectivity index (χ2n) is 4.77. The van der Waals surface area contributed by atoms with Crippen LogP contribution >= 0.6 is 0 Å². The maximum atomic E-state index is 12.6. The zero-order valence-corrected chi connectivity index (χ0v) is 12.0. The predicted molar refractivity (Wildman–Crippen MR) is 73.5 cm³/mol. The highest BCUT2D eigenvalue weighted by Gasteiger charge is 2.31. The Balaban J connectivity index is 2.34. The van der Waals surface area contributed by atoms with E-state index in [0.29, 0.717) is 11.6 Å². The van der Waals surface area contributed by atoms with Gasteiger partial charge < -0.3 is 0 Å². The van der Waals surface area contributed by atoms with Gasteiger partial charge in [0, 0.05) is 0 Å². The molecule has 0 amide bonds. The lowest BCUT2D eigenvalue weighted by Gasteiger charge is -2.09. The maximum absolute atomic E-state index is 12.6. The fourth-order valence-electron chi connectivity index (χ4n) is 1.85. The van der Waals surface area contributed by atoms with Crippen molar-refractivity contribution in [2.75, 3.05) is 0 Å². The van der Waals surface area contributed by atoms with Crippen LogP contribution < -0.4 is 0 Å². The molecule has 0 aliphatic heterocycles. The van der Waals surface area contributed by atoms with Gasteiger partial charge in [0.15, 0.2) is 9.84 Å². The molecule has 2 nitrogen and oxygen atoms in total. The summed E-state index contributed by atoms with van der Waals surface area (Å²) in [6.45, 7) is 1.87. The zero-order chi connectivity index (χ0) is 15.7. The lowest BCUT2D eigenvalue weighted by Crippen LogP contribution is -2.09. The lowest BCUT2D eigenvalue weighted by molar-refractivity contribution is -0.137. The minimum absolute atomic E-state index is 0.321. The third-order valence-electron chi connectivity index (χ3n) is 3.00. The molecule has 0 spiro atoms. The number of alkyl halides is 3. The molecular formula is C15H13F3O2S. The molecule has 0 saturated heterocycles. The summed E-state index contributed by atoms with van der Waals surface area (Å²) in [7, 11) is -3.81. The summed E-state index contributed by atoms with van der Waals surface area (Å²) < 4.78 is 62.3. The molecule has 0 unspecified atom stereocenters. The van der Waals surface area contributed by atoms with Gasteiger partial charge in [-0.1, -0.05) is 35.9 Å². The Hall–Kier alpha value is -1.82. The van der Waals surface area contributed by atoms with Gasteiger partial charge in [0.2, 0.25) is 0 Å². The van der Waals surface area contributed by atoms with E-state index in [1.807, 2.05) is 6.92 Å². The number of hydrogen-bond donors (Lipinski definition) is 0. The first kappa shape index (κ1) is 15.6. The topological polar surface area (TPSA) is 34.1 Å². The highest BCUT2D eigenvalue weighted by Crippen LogP contribution is 2.31. The van der Waals surface area contributed by atoms with Crippen LogP contribution in [0.5, 0.6) is 0 Å². The number of benzene rings is 2. The van der Waals surface area contributed by atoms with Crippen LogP contribution in [0.2, 0.25) is 0 Å². The summed E-state index contributed by atoms with van der Waals surface area (Å²) in [6.07, 6.45) is -4.56. The molecular weight excluding hydrogens is 301 g/mol. The molecule has 0 N–H and O–H groups in total. The normalized spacial score (nSPS) is 12.4. The Bertz CT molecular complexity index is 732. The van der Waals surface area contributed by atoms with E-state index >= 15 is 0 Å². The van der Waals surface area contributed by atoms with Gasteiger partial charge in [-0.3, -0.25) is 0 Å². The smallest absolute Gasteiger partial charge is 0.223 e. The van der Waals surface area contributed by atoms with Crippen molar-refractivity contribution in [1.82, 2.24) is 0 Å². The molecule has 0 radical (unpaired) electrons. The third-order valence-corrected chi connectivity index (χ3v) is 4.68. The highest BCUT2D eigenvalue weighted by molar-refractivity contribution is 7.90. The van der Waals surface area contributed by atoms with Gasteiger partial charge >= 0.3 is 6.18 Å². The van der Waals surface area contributed by atoms with Gasteiger partial charge in [-0.05, 0) is 30.7 Å². The van der Waals surface area contributed by atoms with E-state index in [1.165, 1.54) is 6.07 Å². The van der Waals surface area contributed by atoms with Gasteiger partial charge in [0.05, 0.1) is 16.2 Å². The van der Waals surface area contributed by atoms with Gasteiger partial charge in [0.1, 0.15) is 0 Å². The molecule has 112 valence electrons. The average molecular weight is 314 g/mol. The molecule has 2 rings (SSSR count). The van der Waals surface area contributed by atoms with Crippen LogP contribution in [0.3, 0.4) is 0 Å². The first-order chi connectivity index (χ1) is 9.68. The Kier molecular flexibility index (Phi) is 4.09. The molecule has 6 heteroatoms. The summed E-state index contributed by atoms with van der Waals surface area (Å²) in [5.74, 6) is -0.325. The average Bonchev–Trinajstić information content (AvgIpc) is 2.40. The van der Waals surface area contributed by atoms with Crippen LogP contribution in [0.1, 0.15) is 16.7 Å². The van der Waals surface area contributed by atoms with Gasteiger partial charge in [0.25, 0.3) is 0 Å². The van der Waals surface area contributed by atoms with E-state index in [4.69, 9.17) is 0 Å². The highest BCUT2D eigenvalue weighted by atomic mass is 32.2. The van der Waals surface area contributed by atoms with Crippen molar-refractivity contribution >= 4 is 9.84 Å². The Labute approximate surface area is 121 Å². The van der Waals surface area contributed by atoms with Crippen LogP contribution in [0, 0.1) is 6.92 Å². The summed E-state index contributed by atoms with van der Waals surface area (Å²) in [6, 6.07) is 10.6. The van der Waals surface area contributed by atoms with Crippen molar-refractivity contribution < 1.29 is 21.6 Å².